The standard InChI is InChI=1S/C25H26BrNO4S/c1-11-10-13(26)6-7-14(11)23-27-20(12(2)32-23)19-21(28)17-15-8-9-16(30-15)18(17)22(19)31-24(29)25(3,4)5/h6-7,10,15-18H,8-9H2,1-5H3/t15-,16+,17+,18-/m0/s1. The van der Waals surface area contributed by atoms with Crippen molar-refractivity contribution >= 4 is 44.6 Å². The molecule has 0 spiro atoms. The Morgan fingerprint density at radius 3 is 2.53 bits per heavy atom. The van der Waals surface area contributed by atoms with Crippen LogP contribution in [0.4, 0.5) is 0 Å². The number of esters is 1. The van der Waals surface area contributed by atoms with Crippen molar-refractivity contribution in [2.75, 3.05) is 0 Å². The summed E-state index contributed by atoms with van der Waals surface area (Å²) in [6.45, 7) is 9.50. The Hall–Kier alpha value is -1.83. The van der Waals surface area contributed by atoms with Crippen molar-refractivity contribution in [3.8, 4) is 10.6 Å². The number of aromatic nitrogens is 1. The zero-order chi connectivity index (χ0) is 22.9. The van der Waals surface area contributed by atoms with Gasteiger partial charge in [-0.3, -0.25) is 9.59 Å². The lowest BCUT2D eigenvalue weighted by Crippen LogP contribution is -2.31. The van der Waals surface area contributed by atoms with Gasteiger partial charge < -0.3 is 9.47 Å². The van der Waals surface area contributed by atoms with E-state index in [4.69, 9.17) is 14.5 Å². The molecule has 1 aromatic carbocycles. The van der Waals surface area contributed by atoms with Crippen molar-refractivity contribution in [2.45, 2.75) is 59.7 Å². The highest BCUT2D eigenvalue weighted by atomic mass is 79.9. The normalized spacial score (nSPS) is 26.8. The summed E-state index contributed by atoms with van der Waals surface area (Å²) in [4.78, 5) is 32.4. The smallest absolute Gasteiger partial charge is 0.316 e. The number of carbonyl (C=O) groups excluding carboxylic acids is 2. The molecule has 3 heterocycles. The highest BCUT2D eigenvalue weighted by Gasteiger charge is 2.60. The molecule has 2 aliphatic heterocycles. The average molecular weight is 516 g/mol. The number of hydrogen-bond donors (Lipinski definition) is 0. The number of ether oxygens (including phenoxy) is 2. The maximum absolute atomic E-state index is 13.7. The number of hydrogen-bond acceptors (Lipinski definition) is 6. The Bertz CT molecular complexity index is 1180. The minimum absolute atomic E-state index is 0.00591. The van der Waals surface area contributed by atoms with E-state index >= 15 is 0 Å². The van der Waals surface area contributed by atoms with Crippen LogP contribution in [0.15, 0.2) is 28.4 Å². The van der Waals surface area contributed by atoms with Crippen LogP contribution in [0.25, 0.3) is 16.1 Å². The summed E-state index contributed by atoms with van der Waals surface area (Å²) in [7, 11) is 0. The number of aryl methyl sites for hydroxylation is 2. The van der Waals surface area contributed by atoms with E-state index in [1.165, 1.54) is 0 Å². The van der Waals surface area contributed by atoms with Gasteiger partial charge in [-0.1, -0.05) is 22.0 Å². The fourth-order valence-corrected chi connectivity index (χ4v) is 6.50. The van der Waals surface area contributed by atoms with Crippen molar-refractivity contribution in [2.24, 2.45) is 17.3 Å². The molecule has 3 aliphatic rings. The molecule has 0 radical (unpaired) electrons. The molecule has 0 saturated carbocycles. The topological polar surface area (TPSA) is 65.5 Å². The molecule has 7 heteroatoms. The summed E-state index contributed by atoms with van der Waals surface area (Å²) in [5, 5.41) is 0.862. The predicted octanol–water partition coefficient (Wildman–Crippen LogP) is 5.87. The number of rotatable bonds is 3. The molecule has 1 aliphatic carbocycles. The molecule has 1 aromatic heterocycles. The van der Waals surface area contributed by atoms with Crippen molar-refractivity contribution < 1.29 is 19.1 Å². The van der Waals surface area contributed by atoms with Gasteiger partial charge in [0.05, 0.1) is 40.7 Å². The Balaban J connectivity index is 1.63. The average Bonchev–Trinajstić information content (AvgIpc) is 3.45. The maximum Gasteiger partial charge on any atom is 0.316 e. The van der Waals surface area contributed by atoms with Gasteiger partial charge in [-0.2, -0.15) is 0 Å². The maximum atomic E-state index is 13.7. The molecule has 2 saturated heterocycles. The molecule has 5 nitrogen and oxygen atoms in total. The van der Waals surface area contributed by atoms with Crippen LogP contribution in [0.1, 0.15) is 49.7 Å². The Morgan fingerprint density at radius 2 is 1.88 bits per heavy atom. The molecule has 2 fully saturated rings. The van der Waals surface area contributed by atoms with Crippen LogP contribution >= 0.6 is 27.3 Å². The van der Waals surface area contributed by atoms with Crippen molar-refractivity contribution in [1.29, 1.82) is 0 Å². The first-order valence-electron chi connectivity index (χ1n) is 11.0. The SMILES string of the molecule is Cc1cc(Br)ccc1-c1nc(C2=C(OC(=O)C(C)(C)C)[C@@H]3[C@H](C2=O)[C@@H]2CC[C@H]3O2)c(C)s1. The summed E-state index contributed by atoms with van der Waals surface area (Å²) >= 11 is 5.08. The van der Waals surface area contributed by atoms with E-state index in [0.717, 1.165) is 38.3 Å². The number of Topliss-reactive ketones (excluding diaryl/α,β-unsaturated/α-hetero) is 1. The second kappa shape index (κ2) is 7.61. The van der Waals surface area contributed by atoms with Gasteiger partial charge >= 0.3 is 5.97 Å². The molecule has 4 atom stereocenters. The lowest BCUT2D eigenvalue weighted by Gasteiger charge is -2.24. The fourth-order valence-electron chi connectivity index (χ4n) is 5.01. The number of nitrogens with zero attached hydrogens (tertiary/aromatic N) is 1. The molecule has 168 valence electrons. The monoisotopic (exact) mass is 515 g/mol. The van der Waals surface area contributed by atoms with E-state index in [9.17, 15) is 9.59 Å². The van der Waals surface area contributed by atoms with Gasteiger partial charge in [-0.25, -0.2) is 4.98 Å². The molecule has 5 rings (SSSR count). The van der Waals surface area contributed by atoms with Crippen LogP contribution in [0.5, 0.6) is 0 Å². The zero-order valence-electron chi connectivity index (χ0n) is 18.8. The van der Waals surface area contributed by atoms with Crippen LogP contribution in [-0.2, 0) is 19.1 Å². The van der Waals surface area contributed by atoms with Crippen molar-refractivity contribution in [1.82, 2.24) is 4.98 Å². The van der Waals surface area contributed by atoms with E-state index in [2.05, 4.69) is 22.0 Å². The van der Waals surface area contributed by atoms with Crippen LogP contribution in [0, 0.1) is 31.1 Å². The number of benzene rings is 1. The predicted molar refractivity (Wildman–Crippen MR) is 127 cm³/mol. The summed E-state index contributed by atoms with van der Waals surface area (Å²) < 4.78 is 13.1. The van der Waals surface area contributed by atoms with Crippen LogP contribution in [-0.4, -0.2) is 28.9 Å². The first-order valence-corrected chi connectivity index (χ1v) is 12.6. The van der Waals surface area contributed by atoms with Gasteiger partial charge in [0, 0.05) is 14.9 Å². The Kier molecular flexibility index (Phi) is 5.23. The summed E-state index contributed by atoms with van der Waals surface area (Å²) in [5.41, 5.74) is 2.59. The third kappa shape index (κ3) is 3.40. The minimum atomic E-state index is -0.672. The number of thiazole rings is 1. The molecule has 0 amide bonds. The van der Waals surface area contributed by atoms with Crippen molar-refractivity contribution in [3.05, 3.63) is 44.6 Å². The summed E-state index contributed by atoms with van der Waals surface area (Å²) in [6.07, 6.45) is 1.61. The van der Waals surface area contributed by atoms with Crippen LogP contribution in [0.3, 0.4) is 0 Å². The first kappa shape index (κ1) is 22.0. The lowest BCUT2D eigenvalue weighted by molar-refractivity contribution is -0.149. The van der Waals surface area contributed by atoms with Gasteiger partial charge in [-0.15, -0.1) is 11.3 Å². The quantitative estimate of drug-likeness (QED) is 0.478. The highest BCUT2D eigenvalue weighted by Crippen LogP contribution is 2.55. The summed E-state index contributed by atoms with van der Waals surface area (Å²) in [5.74, 6) is -0.323. The third-order valence-corrected chi connectivity index (χ3v) is 8.14. The van der Waals surface area contributed by atoms with E-state index in [-0.39, 0.29) is 35.8 Å². The van der Waals surface area contributed by atoms with Crippen molar-refractivity contribution in [3.63, 3.8) is 0 Å². The molecule has 2 bridgehead atoms. The van der Waals surface area contributed by atoms with Crippen LogP contribution in [0.2, 0.25) is 0 Å². The Labute approximate surface area is 200 Å². The number of fused-ring (bicyclic) bond motifs is 5. The highest BCUT2D eigenvalue weighted by molar-refractivity contribution is 9.10. The molecule has 32 heavy (non-hydrogen) atoms. The van der Waals surface area contributed by atoms with Crippen LogP contribution < -0.4 is 0 Å². The largest absolute Gasteiger partial charge is 0.429 e. The number of allylic oxidation sites excluding steroid dienone is 1. The molecular weight excluding hydrogens is 490 g/mol. The van der Waals surface area contributed by atoms with E-state index < -0.39 is 5.41 Å². The number of carbonyl (C=O) groups is 2. The van der Waals surface area contributed by atoms with Gasteiger partial charge in [0.1, 0.15) is 10.8 Å². The fraction of sp³-hybridized carbons (Fsp3) is 0.480. The third-order valence-electron chi connectivity index (χ3n) is 6.64. The summed E-state index contributed by atoms with van der Waals surface area (Å²) in [6, 6.07) is 6.09. The van der Waals surface area contributed by atoms with Gasteiger partial charge in [0.15, 0.2) is 5.78 Å². The molecular formula is C25H26BrNO4S. The first-order chi connectivity index (χ1) is 15.1. The Morgan fingerprint density at radius 1 is 1.19 bits per heavy atom. The van der Waals surface area contributed by atoms with E-state index in [0.29, 0.717) is 17.0 Å². The zero-order valence-corrected chi connectivity index (χ0v) is 21.2. The van der Waals surface area contributed by atoms with Gasteiger partial charge in [0.2, 0.25) is 0 Å². The number of halogens is 1. The van der Waals surface area contributed by atoms with E-state index in [1.54, 1.807) is 11.3 Å². The molecule has 2 aromatic rings. The second-order valence-electron chi connectivity index (χ2n) is 9.97. The van der Waals surface area contributed by atoms with E-state index in [1.807, 2.05) is 46.8 Å². The lowest BCUT2D eigenvalue weighted by atomic mass is 9.80. The number of ketones is 1. The molecule has 0 N–H and O–H groups in total. The second-order valence-corrected chi connectivity index (χ2v) is 12.1. The minimum Gasteiger partial charge on any atom is -0.429 e. The van der Waals surface area contributed by atoms with Gasteiger partial charge in [0.25, 0.3) is 0 Å². The molecule has 0 unspecified atom stereocenters. The van der Waals surface area contributed by atoms with Gasteiger partial charge in [-0.05, 0) is 65.2 Å².